The van der Waals surface area contributed by atoms with Gasteiger partial charge in [0.15, 0.2) is 0 Å². The molecule has 0 bridgehead atoms. The van der Waals surface area contributed by atoms with Crippen LogP contribution in [0.5, 0.6) is 0 Å². The number of amides is 1. The van der Waals surface area contributed by atoms with E-state index in [1.54, 1.807) is 0 Å². The average molecular weight is 380 g/mol. The lowest BCUT2D eigenvalue weighted by molar-refractivity contribution is -0.137. The Kier molecular flexibility index (Phi) is 4.73. The number of aromatic amines is 1. The molecule has 1 amide bonds. The van der Waals surface area contributed by atoms with Crippen molar-refractivity contribution >= 4 is 23.2 Å². The molecule has 1 heterocycles. The Balaban J connectivity index is 1.80. The van der Waals surface area contributed by atoms with Gasteiger partial charge in [-0.25, -0.2) is 0 Å². The van der Waals surface area contributed by atoms with Crippen LogP contribution in [0.25, 0.3) is 11.3 Å². The molecule has 0 aliphatic heterocycles. The molecule has 3 aromatic rings. The van der Waals surface area contributed by atoms with Gasteiger partial charge in [-0.15, -0.1) is 0 Å². The number of carbonyl (C=O) groups excluding carboxylic acids is 1. The fraction of sp³-hybridized carbons (Fsp3) is 0.111. The third kappa shape index (κ3) is 3.88. The summed E-state index contributed by atoms with van der Waals surface area (Å²) < 4.78 is 38.7. The minimum Gasteiger partial charge on any atom is -0.321 e. The third-order valence-electron chi connectivity index (χ3n) is 3.70. The van der Waals surface area contributed by atoms with Crippen molar-refractivity contribution in [1.82, 2.24) is 10.2 Å². The van der Waals surface area contributed by atoms with E-state index in [4.69, 9.17) is 11.6 Å². The van der Waals surface area contributed by atoms with E-state index < -0.39 is 22.7 Å². The molecule has 0 atom stereocenters. The highest BCUT2D eigenvalue weighted by Crippen LogP contribution is 2.36. The number of nitrogens with one attached hydrogen (secondary N) is 2. The molecular formula is C18H13ClF3N3O. The van der Waals surface area contributed by atoms with Gasteiger partial charge in [-0.1, -0.05) is 41.4 Å². The Hall–Kier alpha value is -2.80. The number of halogens is 4. The second-order valence-corrected chi connectivity index (χ2v) is 6.09. The molecule has 2 aromatic carbocycles. The summed E-state index contributed by atoms with van der Waals surface area (Å²) in [7, 11) is 0. The number of hydrogen-bond acceptors (Lipinski definition) is 2. The maximum atomic E-state index is 12.9. The van der Waals surface area contributed by atoms with E-state index in [1.165, 1.54) is 12.1 Å². The minimum atomic E-state index is -4.61. The van der Waals surface area contributed by atoms with Gasteiger partial charge in [0.25, 0.3) is 5.91 Å². The number of hydrogen-bond donors (Lipinski definition) is 2. The first-order valence-electron chi connectivity index (χ1n) is 7.54. The lowest BCUT2D eigenvalue weighted by Gasteiger charge is -2.11. The molecule has 0 spiro atoms. The third-order valence-corrected chi connectivity index (χ3v) is 4.03. The summed E-state index contributed by atoms with van der Waals surface area (Å²) in [5, 5.41) is 8.62. The van der Waals surface area contributed by atoms with Crippen molar-refractivity contribution < 1.29 is 18.0 Å². The first kappa shape index (κ1) is 18.0. The zero-order valence-corrected chi connectivity index (χ0v) is 14.2. The maximum absolute atomic E-state index is 12.9. The number of aromatic nitrogens is 2. The average Bonchev–Trinajstić information content (AvgIpc) is 3.06. The van der Waals surface area contributed by atoms with Gasteiger partial charge < -0.3 is 5.32 Å². The minimum absolute atomic E-state index is 0.0155. The van der Waals surface area contributed by atoms with Crippen molar-refractivity contribution in [2.75, 3.05) is 5.32 Å². The van der Waals surface area contributed by atoms with E-state index in [-0.39, 0.29) is 11.4 Å². The fourth-order valence-corrected chi connectivity index (χ4v) is 2.55. The van der Waals surface area contributed by atoms with Crippen molar-refractivity contribution in [2.24, 2.45) is 0 Å². The number of rotatable bonds is 3. The standard InChI is InChI=1S/C18H13ClF3N3O/c1-10-2-4-11(5-3-10)15-9-16(25-24-15)17(26)23-12-6-7-14(19)13(8-12)18(20,21)22/h2-9H,1H3,(H,23,26)(H,24,25). The molecule has 134 valence electrons. The van der Waals surface area contributed by atoms with Crippen molar-refractivity contribution in [3.63, 3.8) is 0 Å². The molecular weight excluding hydrogens is 367 g/mol. The summed E-state index contributed by atoms with van der Waals surface area (Å²) in [4.78, 5) is 12.3. The van der Waals surface area contributed by atoms with Crippen molar-refractivity contribution in [2.45, 2.75) is 13.1 Å². The predicted molar refractivity (Wildman–Crippen MR) is 93.2 cm³/mol. The van der Waals surface area contributed by atoms with E-state index in [9.17, 15) is 18.0 Å². The van der Waals surface area contributed by atoms with Crippen LogP contribution in [0.2, 0.25) is 5.02 Å². The lowest BCUT2D eigenvalue weighted by Crippen LogP contribution is -2.14. The number of anilines is 1. The van der Waals surface area contributed by atoms with Gasteiger partial charge in [0, 0.05) is 11.3 Å². The summed E-state index contributed by atoms with van der Waals surface area (Å²) in [6, 6.07) is 12.3. The second kappa shape index (κ2) is 6.84. The smallest absolute Gasteiger partial charge is 0.321 e. The quantitative estimate of drug-likeness (QED) is 0.648. The van der Waals surface area contributed by atoms with Crippen molar-refractivity contribution in [1.29, 1.82) is 0 Å². The topological polar surface area (TPSA) is 57.8 Å². The first-order valence-corrected chi connectivity index (χ1v) is 7.92. The Morgan fingerprint density at radius 1 is 1.12 bits per heavy atom. The van der Waals surface area contributed by atoms with E-state index in [0.717, 1.165) is 23.3 Å². The van der Waals surface area contributed by atoms with Crippen molar-refractivity contribution in [3.05, 3.63) is 70.4 Å². The van der Waals surface area contributed by atoms with E-state index in [2.05, 4.69) is 15.5 Å². The van der Waals surface area contributed by atoms with Gasteiger partial charge in [-0.2, -0.15) is 18.3 Å². The van der Waals surface area contributed by atoms with Crippen LogP contribution in [0.3, 0.4) is 0 Å². The Morgan fingerprint density at radius 2 is 1.81 bits per heavy atom. The molecule has 4 nitrogen and oxygen atoms in total. The van der Waals surface area contributed by atoms with Crippen LogP contribution in [0.4, 0.5) is 18.9 Å². The summed E-state index contributed by atoms with van der Waals surface area (Å²) >= 11 is 5.57. The Bertz CT molecular complexity index is 949. The van der Waals surface area contributed by atoms with E-state index >= 15 is 0 Å². The van der Waals surface area contributed by atoms with Gasteiger partial charge in [-0.05, 0) is 31.2 Å². The van der Waals surface area contributed by atoms with Crippen LogP contribution in [-0.4, -0.2) is 16.1 Å². The molecule has 0 saturated heterocycles. The largest absolute Gasteiger partial charge is 0.417 e. The molecule has 0 radical (unpaired) electrons. The number of carbonyl (C=O) groups is 1. The maximum Gasteiger partial charge on any atom is 0.417 e. The normalized spacial score (nSPS) is 11.4. The van der Waals surface area contributed by atoms with Gasteiger partial charge in [-0.3, -0.25) is 9.89 Å². The number of H-pyrrole nitrogens is 1. The van der Waals surface area contributed by atoms with E-state index in [0.29, 0.717) is 5.69 Å². The summed E-state index contributed by atoms with van der Waals surface area (Å²) in [6.07, 6.45) is -4.61. The molecule has 0 aliphatic rings. The van der Waals surface area contributed by atoms with Crippen molar-refractivity contribution in [3.8, 4) is 11.3 Å². The summed E-state index contributed by atoms with van der Waals surface area (Å²) in [5.41, 5.74) is 1.56. The molecule has 0 fully saturated rings. The Labute approximate surface area is 152 Å². The molecule has 2 N–H and O–H groups in total. The molecule has 8 heteroatoms. The molecule has 0 unspecified atom stereocenters. The van der Waals surface area contributed by atoms with Crippen LogP contribution in [0, 0.1) is 6.92 Å². The monoisotopic (exact) mass is 379 g/mol. The number of alkyl halides is 3. The molecule has 1 aromatic heterocycles. The fourth-order valence-electron chi connectivity index (χ4n) is 2.33. The van der Waals surface area contributed by atoms with Gasteiger partial charge in [0.1, 0.15) is 5.69 Å². The number of nitrogens with zero attached hydrogens (tertiary/aromatic N) is 1. The van der Waals surface area contributed by atoms with Crippen LogP contribution < -0.4 is 5.32 Å². The molecule has 26 heavy (non-hydrogen) atoms. The highest BCUT2D eigenvalue weighted by Gasteiger charge is 2.33. The second-order valence-electron chi connectivity index (χ2n) is 5.68. The highest BCUT2D eigenvalue weighted by molar-refractivity contribution is 6.31. The SMILES string of the molecule is Cc1ccc(-c2cc(C(=O)Nc3ccc(Cl)c(C(F)(F)F)c3)[nH]n2)cc1. The van der Waals surface area contributed by atoms with Gasteiger partial charge in [0.2, 0.25) is 0 Å². The lowest BCUT2D eigenvalue weighted by atomic mass is 10.1. The molecule has 3 rings (SSSR count). The highest BCUT2D eigenvalue weighted by atomic mass is 35.5. The Morgan fingerprint density at radius 3 is 2.46 bits per heavy atom. The van der Waals surface area contributed by atoms with Crippen LogP contribution in [0.1, 0.15) is 21.6 Å². The summed E-state index contributed by atoms with van der Waals surface area (Å²) in [6.45, 7) is 1.95. The zero-order valence-electron chi connectivity index (χ0n) is 13.5. The number of benzene rings is 2. The summed E-state index contributed by atoms with van der Waals surface area (Å²) in [5.74, 6) is -0.605. The number of aryl methyl sites for hydroxylation is 1. The van der Waals surface area contributed by atoms with Crippen LogP contribution >= 0.6 is 11.6 Å². The zero-order chi connectivity index (χ0) is 18.9. The van der Waals surface area contributed by atoms with Crippen LogP contribution in [0.15, 0.2) is 48.5 Å². The predicted octanol–water partition coefficient (Wildman–Crippen LogP) is 5.31. The molecule has 0 aliphatic carbocycles. The van der Waals surface area contributed by atoms with Gasteiger partial charge in [0.05, 0.1) is 16.3 Å². The van der Waals surface area contributed by atoms with E-state index in [1.807, 2.05) is 31.2 Å². The molecule has 0 saturated carbocycles. The van der Waals surface area contributed by atoms with Crippen LogP contribution in [-0.2, 0) is 6.18 Å². The van der Waals surface area contributed by atoms with Gasteiger partial charge >= 0.3 is 6.18 Å². The first-order chi connectivity index (χ1) is 12.2.